The number of rotatable bonds is 9. The molecular weight excluding hydrogens is 443 g/mol. The number of fused-ring (bicyclic) bond motifs is 1. The Hall–Kier alpha value is -3.92. The first kappa shape index (κ1) is 23.8. The molecule has 0 amide bonds. The Morgan fingerprint density at radius 1 is 0.667 bits per heavy atom. The molecule has 0 saturated carbocycles. The van der Waals surface area contributed by atoms with Crippen molar-refractivity contribution in [2.45, 2.75) is 33.1 Å². The topological polar surface area (TPSA) is 27.7 Å². The van der Waals surface area contributed by atoms with Crippen LogP contribution in [0.2, 0.25) is 0 Å². The Morgan fingerprint density at radius 3 is 1.83 bits per heavy atom. The molecule has 0 aromatic heterocycles. The minimum Gasteiger partial charge on any atom is -0.519 e. The highest BCUT2D eigenvalue weighted by atomic mass is 16.6. The average molecular weight is 474 g/mol. The van der Waals surface area contributed by atoms with Crippen molar-refractivity contribution >= 4 is 23.7 Å². The zero-order valence-corrected chi connectivity index (χ0v) is 20.9. The Labute approximate surface area is 214 Å². The Kier molecular flexibility index (Phi) is 7.42. The summed E-state index contributed by atoms with van der Waals surface area (Å²) in [7, 11) is -0.428. The van der Waals surface area contributed by atoms with Crippen LogP contribution in [-0.2, 0) is 0 Å². The van der Waals surface area contributed by atoms with Crippen molar-refractivity contribution in [1.29, 1.82) is 0 Å². The van der Waals surface area contributed by atoms with Gasteiger partial charge in [0.25, 0.3) is 0 Å². The molecule has 0 fully saturated rings. The number of unbranched alkanes of at least 4 members (excludes halogenated alkanes) is 1. The van der Waals surface area contributed by atoms with Crippen LogP contribution in [0.3, 0.4) is 0 Å². The van der Waals surface area contributed by atoms with Crippen LogP contribution in [0.5, 0.6) is 17.2 Å². The lowest BCUT2D eigenvalue weighted by Gasteiger charge is -2.17. The molecule has 4 aromatic carbocycles. The largest absolute Gasteiger partial charge is 0.632 e. The standard InChI is InChI=1S/C32H31BO3/c1-3-5-23-34-28-21-17-26(18-22-28)32(29(4-2)24-11-7-6-8-12-24)25-15-19-27(20-16-25)33-35-30-13-9-10-14-31(30)36-33/h6-22H,3-5,23H2,1-2H3. The normalized spacial score (nSPS) is 12.9. The van der Waals surface area contributed by atoms with Gasteiger partial charge in [0.15, 0.2) is 0 Å². The SMILES string of the molecule is CCCCOc1ccc(C(=C(CC)c2ccccc2)c2ccc(B3Oc4ccccc4O3)cc2)cc1. The fraction of sp³-hybridized carbons (Fsp3) is 0.188. The number of hydrogen-bond donors (Lipinski definition) is 0. The number of ether oxygens (including phenoxy) is 1. The van der Waals surface area contributed by atoms with Crippen LogP contribution in [0.25, 0.3) is 11.1 Å². The van der Waals surface area contributed by atoms with Gasteiger partial charge in [0, 0.05) is 5.46 Å². The van der Waals surface area contributed by atoms with Crippen molar-refractivity contribution in [2.75, 3.05) is 6.61 Å². The minimum absolute atomic E-state index is 0.428. The van der Waals surface area contributed by atoms with Crippen molar-refractivity contribution in [3.63, 3.8) is 0 Å². The molecule has 0 saturated heterocycles. The minimum atomic E-state index is -0.428. The van der Waals surface area contributed by atoms with E-state index in [1.165, 1.54) is 22.3 Å². The Balaban J connectivity index is 1.49. The lowest BCUT2D eigenvalue weighted by atomic mass is 9.78. The molecule has 4 heteroatoms. The first-order valence-electron chi connectivity index (χ1n) is 12.8. The highest BCUT2D eigenvalue weighted by Gasteiger charge is 2.33. The van der Waals surface area contributed by atoms with Gasteiger partial charge in [-0.15, -0.1) is 0 Å². The summed E-state index contributed by atoms with van der Waals surface area (Å²) in [5.74, 6) is 2.48. The predicted octanol–water partition coefficient (Wildman–Crippen LogP) is 7.40. The quantitative estimate of drug-likeness (QED) is 0.144. The van der Waals surface area contributed by atoms with Gasteiger partial charge < -0.3 is 14.0 Å². The fourth-order valence-electron chi connectivity index (χ4n) is 4.57. The molecule has 0 spiro atoms. The van der Waals surface area contributed by atoms with Crippen LogP contribution < -0.4 is 19.5 Å². The number of allylic oxidation sites excluding steroid dienone is 1. The molecule has 0 aliphatic carbocycles. The molecule has 0 N–H and O–H groups in total. The smallest absolute Gasteiger partial charge is 0.519 e. The van der Waals surface area contributed by atoms with Crippen LogP contribution in [0.15, 0.2) is 103 Å². The number of para-hydroxylation sites is 2. The van der Waals surface area contributed by atoms with Gasteiger partial charge in [0.1, 0.15) is 17.2 Å². The lowest BCUT2D eigenvalue weighted by molar-refractivity contribution is 0.309. The van der Waals surface area contributed by atoms with E-state index in [1.54, 1.807) is 0 Å². The van der Waals surface area contributed by atoms with Crippen LogP contribution in [0.4, 0.5) is 0 Å². The molecular formula is C32H31BO3. The first-order valence-corrected chi connectivity index (χ1v) is 12.8. The van der Waals surface area contributed by atoms with E-state index in [0.29, 0.717) is 0 Å². The molecule has 1 aliphatic heterocycles. The van der Waals surface area contributed by atoms with Crippen molar-refractivity contribution in [2.24, 2.45) is 0 Å². The third kappa shape index (κ3) is 5.18. The number of benzene rings is 4. The van der Waals surface area contributed by atoms with Crippen molar-refractivity contribution < 1.29 is 14.0 Å². The second-order valence-electron chi connectivity index (χ2n) is 8.94. The first-order chi connectivity index (χ1) is 17.8. The number of hydrogen-bond acceptors (Lipinski definition) is 3. The van der Waals surface area contributed by atoms with E-state index in [4.69, 9.17) is 14.0 Å². The monoisotopic (exact) mass is 474 g/mol. The highest BCUT2D eigenvalue weighted by molar-refractivity contribution is 6.63. The summed E-state index contributed by atoms with van der Waals surface area (Å²) in [6.07, 6.45) is 3.10. The molecule has 5 rings (SSSR count). The molecule has 0 atom stereocenters. The molecule has 0 radical (unpaired) electrons. The van der Waals surface area contributed by atoms with Gasteiger partial charge in [-0.1, -0.05) is 99.1 Å². The van der Waals surface area contributed by atoms with E-state index in [-0.39, 0.29) is 0 Å². The summed E-state index contributed by atoms with van der Waals surface area (Å²) >= 11 is 0. The summed E-state index contributed by atoms with van der Waals surface area (Å²) in [4.78, 5) is 0. The van der Waals surface area contributed by atoms with Gasteiger partial charge in [0.05, 0.1) is 6.61 Å². The van der Waals surface area contributed by atoms with Gasteiger partial charge in [-0.3, -0.25) is 0 Å². The molecule has 1 heterocycles. The maximum atomic E-state index is 6.02. The molecule has 180 valence electrons. The zero-order chi connectivity index (χ0) is 24.7. The van der Waals surface area contributed by atoms with Crippen LogP contribution in [-0.4, -0.2) is 13.7 Å². The van der Waals surface area contributed by atoms with Crippen LogP contribution >= 0.6 is 0 Å². The highest BCUT2D eigenvalue weighted by Crippen LogP contribution is 2.36. The summed E-state index contributed by atoms with van der Waals surface area (Å²) in [5.41, 5.74) is 7.10. The zero-order valence-electron chi connectivity index (χ0n) is 20.9. The average Bonchev–Trinajstić information content (AvgIpc) is 3.37. The van der Waals surface area contributed by atoms with E-state index < -0.39 is 7.12 Å². The second kappa shape index (κ2) is 11.2. The van der Waals surface area contributed by atoms with Crippen LogP contribution in [0.1, 0.15) is 49.8 Å². The molecule has 4 aromatic rings. The van der Waals surface area contributed by atoms with Gasteiger partial charge in [0.2, 0.25) is 0 Å². The molecule has 1 aliphatic rings. The van der Waals surface area contributed by atoms with Crippen molar-refractivity contribution in [1.82, 2.24) is 0 Å². The summed E-state index contributed by atoms with van der Waals surface area (Å²) in [6, 6.07) is 35.5. The maximum Gasteiger partial charge on any atom is 0.632 e. The van der Waals surface area contributed by atoms with E-state index in [9.17, 15) is 0 Å². The summed E-state index contributed by atoms with van der Waals surface area (Å²) in [6.45, 7) is 5.14. The molecule has 0 bridgehead atoms. The fourth-order valence-corrected chi connectivity index (χ4v) is 4.57. The van der Waals surface area contributed by atoms with E-state index >= 15 is 0 Å². The van der Waals surface area contributed by atoms with E-state index in [2.05, 4.69) is 92.7 Å². The Morgan fingerprint density at radius 2 is 1.25 bits per heavy atom. The Bertz CT molecular complexity index is 1290. The second-order valence-corrected chi connectivity index (χ2v) is 8.94. The van der Waals surface area contributed by atoms with Crippen molar-refractivity contribution in [3.05, 3.63) is 120 Å². The van der Waals surface area contributed by atoms with Gasteiger partial charge >= 0.3 is 7.12 Å². The van der Waals surface area contributed by atoms with Gasteiger partial charge in [-0.25, -0.2) is 0 Å². The maximum absolute atomic E-state index is 6.02. The molecule has 0 unspecified atom stereocenters. The molecule has 3 nitrogen and oxygen atoms in total. The van der Waals surface area contributed by atoms with E-state index in [1.807, 2.05) is 24.3 Å². The van der Waals surface area contributed by atoms with Gasteiger partial charge in [-0.05, 0) is 64.9 Å². The lowest BCUT2D eigenvalue weighted by Crippen LogP contribution is -2.38. The predicted molar refractivity (Wildman–Crippen MR) is 149 cm³/mol. The molecule has 36 heavy (non-hydrogen) atoms. The summed E-state index contributed by atoms with van der Waals surface area (Å²) < 4.78 is 18.0. The van der Waals surface area contributed by atoms with Crippen molar-refractivity contribution in [3.8, 4) is 17.2 Å². The van der Waals surface area contributed by atoms with Crippen LogP contribution in [0, 0.1) is 0 Å². The van der Waals surface area contributed by atoms with E-state index in [0.717, 1.165) is 54.1 Å². The third-order valence-electron chi connectivity index (χ3n) is 6.48. The third-order valence-corrected chi connectivity index (χ3v) is 6.48. The van der Waals surface area contributed by atoms with Gasteiger partial charge in [-0.2, -0.15) is 0 Å². The summed E-state index contributed by atoms with van der Waals surface area (Å²) in [5, 5.41) is 0.